The first-order valence-corrected chi connectivity index (χ1v) is 10.8. The molecule has 3 aromatic rings. The minimum atomic E-state index is -0.0846. The predicted octanol–water partition coefficient (Wildman–Crippen LogP) is 2.17. The van der Waals surface area contributed by atoms with E-state index in [1.807, 2.05) is 43.5 Å². The first kappa shape index (κ1) is 21.0. The molecule has 1 unspecified atom stereocenters. The summed E-state index contributed by atoms with van der Waals surface area (Å²) in [5.41, 5.74) is 1.48. The lowest BCUT2D eigenvalue weighted by molar-refractivity contribution is 0.0927. The van der Waals surface area contributed by atoms with Gasteiger partial charge in [-0.3, -0.25) is 9.69 Å². The standard InChI is InChI=1S/C23H29N7O/c1-3-20-19(16-26-30(20)22-9-5-7-11-25-22)23(31)27-18(2)17-28-12-14-29(15-13-28)21-8-4-6-10-24-21/h4-11,16,18H,3,12-15,17H2,1-2H3,(H,27,31). The molecule has 162 valence electrons. The molecule has 3 aromatic heterocycles. The molecule has 1 atom stereocenters. The number of amides is 1. The Balaban J connectivity index is 1.33. The Morgan fingerprint density at radius 1 is 1.03 bits per heavy atom. The third-order valence-electron chi connectivity index (χ3n) is 5.57. The maximum absolute atomic E-state index is 12.9. The van der Waals surface area contributed by atoms with Crippen molar-refractivity contribution >= 4 is 11.7 Å². The number of anilines is 1. The van der Waals surface area contributed by atoms with Gasteiger partial charge in [-0.2, -0.15) is 5.10 Å². The van der Waals surface area contributed by atoms with Gasteiger partial charge in [-0.15, -0.1) is 0 Å². The van der Waals surface area contributed by atoms with Crippen LogP contribution in [0.25, 0.3) is 5.82 Å². The van der Waals surface area contributed by atoms with Gasteiger partial charge in [0, 0.05) is 51.2 Å². The van der Waals surface area contributed by atoms with Gasteiger partial charge in [0.1, 0.15) is 5.82 Å². The molecule has 0 saturated carbocycles. The van der Waals surface area contributed by atoms with Gasteiger partial charge >= 0.3 is 0 Å². The SMILES string of the molecule is CCc1c(C(=O)NC(C)CN2CCN(c3ccccn3)CC2)cnn1-c1ccccn1. The van der Waals surface area contributed by atoms with Crippen LogP contribution in [0.4, 0.5) is 5.82 Å². The number of aromatic nitrogens is 4. The molecular weight excluding hydrogens is 390 g/mol. The average Bonchev–Trinajstić information content (AvgIpc) is 3.25. The number of rotatable bonds is 7. The molecule has 0 aliphatic carbocycles. The summed E-state index contributed by atoms with van der Waals surface area (Å²) in [6, 6.07) is 11.7. The van der Waals surface area contributed by atoms with E-state index < -0.39 is 0 Å². The molecule has 0 bridgehead atoms. The Labute approximate surface area is 182 Å². The molecule has 4 heterocycles. The molecule has 1 aliphatic rings. The number of hydrogen-bond donors (Lipinski definition) is 1. The van der Waals surface area contributed by atoms with Crippen LogP contribution in [0.15, 0.2) is 55.0 Å². The molecular formula is C23H29N7O. The van der Waals surface area contributed by atoms with E-state index in [1.165, 1.54) is 0 Å². The van der Waals surface area contributed by atoms with Gasteiger partial charge < -0.3 is 10.2 Å². The molecule has 1 saturated heterocycles. The Morgan fingerprint density at radius 2 is 1.71 bits per heavy atom. The minimum Gasteiger partial charge on any atom is -0.354 e. The molecule has 0 aromatic carbocycles. The number of carbonyl (C=O) groups excluding carboxylic acids is 1. The summed E-state index contributed by atoms with van der Waals surface area (Å²) in [6.07, 6.45) is 5.90. The van der Waals surface area contributed by atoms with E-state index in [-0.39, 0.29) is 11.9 Å². The number of carbonyl (C=O) groups is 1. The Morgan fingerprint density at radius 3 is 2.32 bits per heavy atom. The fourth-order valence-corrected chi connectivity index (χ4v) is 4.01. The second-order valence-corrected chi connectivity index (χ2v) is 7.81. The normalized spacial score (nSPS) is 15.6. The number of hydrogen-bond acceptors (Lipinski definition) is 6. The van der Waals surface area contributed by atoms with E-state index in [9.17, 15) is 4.79 Å². The van der Waals surface area contributed by atoms with Crippen molar-refractivity contribution in [1.82, 2.24) is 30.0 Å². The van der Waals surface area contributed by atoms with Crippen molar-refractivity contribution in [3.63, 3.8) is 0 Å². The van der Waals surface area contributed by atoms with E-state index in [0.717, 1.165) is 50.1 Å². The largest absolute Gasteiger partial charge is 0.354 e. The molecule has 31 heavy (non-hydrogen) atoms. The van der Waals surface area contributed by atoms with Crippen LogP contribution in [0, 0.1) is 0 Å². The molecule has 1 amide bonds. The van der Waals surface area contributed by atoms with Crippen molar-refractivity contribution in [2.75, 3.05) is 37.6 Å². The van der Waals surface area contributed by atoms with E-state index >= 15 is 0 Å². The second kappa shape index (κ2) is 9.70. The highest BCUT2D eigenvalue weighted by atomic mass is 16.1. The van der Waals surface area contributed by atoms with E-state index in [2.05, 4.69) is 43.2 Å². The molecule has 1 fully saturated rings. The molecule has 0 spiro atoms. The van der Waals surface area contributed by atoms with Crippen molar-refractivity contribution in [3.05, 3.63) is 66.2 Å². The summed E-state index contributed by atoms with van der Waals surface area (Å²) in [5, 5.41) is 7.56. The zero-order valence-corrected chi connectivity index (χ0v) is 18.1. The molecule has 8 nitrogen and oxygen atoms in total. The van der Waals surface area contributed by atoms with Crippen molar-refractivity contribution in [2.45, 2.75) is 26.3 Å². The van der Waals surface area contributed by atoms with Crippen molar-refractivity contribution in [3.8, 4) is 5.82 Å². The Hall–Kier alpha value is -3.26. The average molecular weight is 420 g/mol. The van der Waals surface area contributed by atoms with Crippen molar-refractivity contribution in [2.24, 2.45) is 0 Å². The molecule has 1 N–H and O–H groups in total. The maximum Gasteiger partial charge on any atom is 0.255 e. The summed E-state index contributed by atoms with van der Waals surface area (Å²) >= 11 is 0. The van der Waals surface area contributed by atoms with Gasteiger partial charge in [-0.25, -0.2) is 14.6 Å². The minimum absolute atomic E-state index is 0.0387. The van der Waals surface area contributed by atoms with Gasteiger partial charge in [-0.05, 0) is 37.6 Å². The number of nitrogens with one attached hydrogen (secondary N) is 1. The first-order chi connectivity index (χ1) is 15.2. The molecule has 8 heteroatoms. The Bertz CT molecular complexity index is 982. The van der Waals surface area contributed by atoms with E-state index in [0.29, 0.717) is 12.0 Å². The summed E-state index contributed by atoms with van der Waals surface area (Å²) < 4.78 is 1.75. The van der Waals surface area contributed by atoms with Crippen LogP contribution in [0.5, 0.6) is 0 Å². The van der Waals surface area contributed by atoms with Crippen LogP contribution >= 0.6 is 0 Å². The number of piperazine rings is 1. The van der Waals surface area contributed by atoms with E-state index in [4.69, 9.17) is 0 Å². The summed E-state index contributed by atoms with van der Waals surface area (Å²) in [7, 11) is 0. The van der Waals surface area contributed by atoms with Crippen LogP contribution in [-0.2, 0) is 6.42 Å². The fraction of sp³-hybridized carbons (Fsp3) is 0.391. The van der Waals surface area contributed by atoms with Gasteiger partial charge in [0.15, 0.2) is 5.82 Å². The lowest BCUT2D eigenvalue weighted by atomic mass is 10.1. The summed E-state index contributed by atoms with van der Waals surface area (Å²) in [4.78, 5) is 26.4. The first-order valence-electron chi connectivity index (χ1n) is 10.8. The van der Waals surface area contributed by atoms with Crippen LogP contribution in [0.2, 0.25) is 0 Å². The molecule has 0 radical (unpaired) electrons. The van der Waals surface area contributed by atoms with Crippen molar-refractivity contribution in [1.29, 1.82) is 0 Å². The summed E-state index contributed by atoms with van der Waals surface area (Å²) in [6.45, 7) is 8.68. The van der Waals surface area contributed by atoms with E-state index in [1.54, 1.807) is 17.1 Å². The highest BCUT2D eigenvalue weighted by Crippen LogP contribution is 2.15. The number of nitrogens with zero attached hydrogens (tertiary/aromatic N) is 6. The third kappa shape index (κ3) is 4.91. The van der Waals surface area contributed by atoms with Gasteiger partial charge in [0.2, 0.25) is 0 Å². The quantitative estimate of drug-likeness (QED) is 0.632. The van der Waals surface area contributed by atoms with Gasteiger partial charge in [0.05, 0.1) is 17.5 Å². The third-order valence-corrected chi connectivity index (χ3v) is 5.57. The van der Waals surface area contributed by atoms with Gasteiger partial charge in [0.25, 0.3) is 5.91 Å². The lowest BCUT2D eigenvalue weighted by Gasteiger charge is -2.36. The van der Waals surface area contributed by atoms with Crippen LogP contribution in [0.3, 0.4) is 0 Å². The predicted molar refractivity (Wildman–Crippen MR) is 121 cm³/mol. The monoisotopic (exact) mass is 419 g/mol. The topological polar surface area (TPSA) is 79.2 Å². The van der Waals surface area contributed by atoms with Crippen molar-refractivity contribution < 1.29 is 4.79 Å². The molecule has 4 rings (SSSR count). The smallest absolute Gasteiger partial charge is 0.255 e. The van der Waals surface area contributed by atoms with Crippen LogP contribution in [0.1, 0.15) is 29.9 Å². The zero-order chi connectivity index (χ0) is 21.6. The van der Waals surface area contributed by atoms with Gasteiger partial charge in [-0.1, -0.05) is 19.1 Å². The zero-order valence-electron chi connectivity index (χ0n) is 18.1. The highest BCUT2D eigenvalue weighted by molar-refractivity contribution is 5.95. The molecule has 1 aliphatic heterocycles. The maximum atomic E-state index is 12.9. The number of pyridine rings is 2. The fourth-order valence-electron chi connectivity index (χ4n) is 4.01. The van der Waals surface area contributed by atoms with Crippen LogP contribution < -0.4 is 10.2 Å². The highest BCUT2D eigenvalue weighted by Gasteiger charge is 2.22. The summed E-state index contributed by atoms with van der Waals surface area (Å²) in [5.74, 6) is 1.66. The lowest BCUT2D eigenvalue weighted by Crippen LogP contribution is -2.51. The second-order valence-electron chi connectivity index (χ2n) is 7.81. The Kier molecular flexibility index (Phi) is 6.57. The van der Waals surface area contributed by atoms with Crippen LogP contribution in [-0.4, -0.2) is 69.3 Å².